The quantitative estimate of drug-likeness (QED) is 0.358. The number of ether oxygens (including phenoxy) is 1. The molecule has 0 heterocycles. The number of benzene rings is 2. The van der Waals surface area contributed by atoms with Crippen molar-refractivity contribution in [1.29, 1.82) is 0 Å². The Hall–Kier alpha value is -3.39. The van der Waals surface area contributed by atoms with Gasteiger partial charge in [-0.2, -0.15) is 0 Å². The van der Waals surface area contributed by atoms with Crippen LogP contribution >= 0.6 is 0 Å². The molecule has 0 radical (unpaired) electrons. The number of rotatable bonds is 13. The Bertz CT molecular complexity index is 931. The largest absolute Gasteiger partial charge is 0.489 e. The Kier molecular flexibility index (Phi) is 10.5. The second-order valence-corrected chi connectivity index (χ2v) is 8.71. The van der Waals surface area contributed by atoms with Gasteiger partial charge in [0.1, 0.15) is 24.4 Å². The van der Waals surface area contributed by atoms with E-state index >= 15 is 0 Å². The van der Waals surface area contributed by atoms with Crippen LogP contribution in [0.2, 0.25) is 0 Å². The number of likely N-dealkylation sites (N-methyl/N-ethyl adjacent to an activating group) is 1. The lowest BCUT2D eigenvalue weighted by Gasteiger charge is -2.25. The number of carboxylic acid groups (broad SMARTS) is 1. The van der Waals surface area contributed by atoms with E-state index < -0.39 is 30.0 Å². The molecule has 0 fully saturated rings. The fourth-order valence-corrected chi connectivity index (χ4v) is 3.45. The number of nitrogens with one attached hydrogen (secondary N) is 3. The highest BCUT2D eigenvalue weighted by atomic mass is 16.5. The highest BCUT2D eigenvalue weighted by Crippen LogP contribution is 2.16. The van der Waals surface area contributed by atoms with E-state index in [1.165, 1.54) is 14.0 Å². The van der Waals surface area contributed by atoms with Crippen molar-refractivity contribution in [2.45, 2.75) is 58.3 Å². The van der Waals surface area contributed by atoms with Gasteiger partial charge in [-0.3, -0.25) is 19.7 Å². The summed E-state index contributed by atoms with van der Waals surface area (Å²) in [4.78, 5) is 36.7. The van der Waals surface area contributed by atoms with Crippen LogP contribution in [0.25, 0.3) is 0 Å². The van der Waals surface area contributed by atoms with Crippen molar-refractivity contribution in [3.63, 3.8) is 0 Å². The molecule has 184 valence electrons. The minimum atomic E-state index is -1.04. The lowest BCUT2D eigenvalue weighted by molar-refractivity contribution is -0.139. The zero-order valence-corrected chi connectivity index (χ0v) is 20.2. The summed E-state index contributed by atoms with van der Waals surface area (Å²) < 4.78 is 5.80. The van der Waals surface area contributed by atoms with Crippen molar-refractivity contribution >= 4 is 17.8 Å². The van der Waals surface area contributed by atoms with Crippen LogP contribution in [0.15, 0.2) is 54.6 Å². The summed E-state index contributed by atoms with van der Waals surface area (Å²) in [7, 11) is 1.51. The smallest absolute Gasteiger partial charge is 0.320 e. The number of carbonyl (C=O) groups excluding carboxylic acids is 2. The predicted molar refractivity (Wildman–Crippen MR) is 130 cm³/mol. The van der Waals surface area contributed by atoms with E-state index in [1.807, 2.05) is 68.4 Å². The van der Waals surface area contributed by atoms with Crippen LogP contribution in [0.3, 0.4) is 0 Å². The number of hydrogen-bond donors (Lipinski definition) is 4. The monoisotopic (exact) mass is 469 g/mol. The van der Waals surface area contributed by atoms with Gasteiger partial charge in [-0.15, -0.1) is 0 Å². The number of carboxylic acids is 1. The summed E-state index contributed by atoms with van der Waals surface area (Å²) in [5, 5.41) is 17.4. The molecule has 0 saturated carbocycles. The Morgan fingerprint density at radius 3 is 2.09 bits per heavy atom. The predicted octanol–water partition coefficient (Wildman–Crippen LogP) is 2.52. The molecule has 0 saturated heterocycles. The van der Waals surface area contributed by atoms with Gasteiger partial charge in [-0.1, -0.05) is 56.3 Å². The van der Waals surface area contributed by atoms with E-state index in [0.29, 0.717) is 18.8 Å². The second-order valence-electron chi connectivity index (χ2n) is 8.71. The molecular weight excluding hydrogens is 434 g/mol. The number of aliphatic carboxylic acids is 1. The van der Waals surface area contributed by atoms with Gasteiger partial charge in [-0.05, 0) is 42.5 Å². The van der Waals surface area contributed by atoms with E-state index in [1.54, 1.807) is 0 Å². The van der Waals surface area contributed by atoms with Gasteiger partial charge in [0.05, 0.1) is 6.04 Å². The average molecular weight is 470 g/mol. The van der Waals surface area contributed by atoms with Crippen LogP contribution in [-0.2, 0) is 27.4 Å². The van der Waals surface area contributed by atoms with Crippen LogP contribution in [0.4, 0.5) is 0 Å². The van der Waals surface area contributed by atoms with Crippen LogP contribution in [0.1, 0.15) is 38.3 Å². The van der Waals surface area contributed by atoms with Crippen molar-refractivity contribution in [2.24, 2.45) is 5.92 Å². The van der Waals surface area contributed by atoms with Gasteiger partial charge < -0.3 is 20.5 Å². The lowest BCUT2D eigenvalue weighted by Crippen LogP contribution is -2.55. The maximum absolute atomic E-state index is 13.0. The molecule has 0 spiro atoms. The molecule has 2 rings (SSSR count). The van der Waals surface area contributed by atoms with Crippen LogP contribution in [-0.4, -0.2) is 48.1 Å². The molecular formula is C26H35N3O5. The molecule has 2 amide bonds. The third kappa shape index (κ3) is 8.86. The summed E-state index contributed by atoms with van der Waals surface area (Å²) in [5.74, 6) is -0.910. The number of hydrogen-bond acceptors (Lipinski definition) is 5. The molecule has 0 aliphatic carbocycles. The van der Waals surface area contributed by atoms with E-state index in [0.717, 1.165) is 11.1 Å². The molecule has 8 nitrogen and oxygen atoms in total. The van der Waals surface area contributed by atoms with Gasteiger partial charge in [0.2, 0.25) is 11.8 Å². The molecule has 0 aromatic heterocycles. The van der Waals surface area contributed by atoms with E-state index in [2.05, 4.69) is 16.0 Å². The first kappa shape index (κ1) is 26.9. The van der Waals surface area contributed by atoms with Gasteiger partial charge in [0.25, 0.3) is 0 Å². The summed E-state index contributed by atoms with van der Waals surface area (Å²) in [5.41, 5.74) is 1.92. The SMILES string of the molecule is CNC(=O)[C@H](Cc1ccc(OCc2ccccc2)cc1)NC(=O)[C@H](CC(C)C)NC(C)C(=O)O. The molecule has 8 heteroatoms. The first-order valence-electron chi connectivity index (χ1n) is 11.5. The summed E-state index contributed by atoms with van der Waals surface area (Å²) >= 11 is 0. The van der Waals surface area contributed by atoms with E-state index in [-0.39, 0.29) is 18.2 Å². The third-order valence-electron chi connectivity index (χ3n) is 5.34. The van der Waals surface area contributed by atoms with Crippen LogP contribution in [0, 0.1) is 5.92 Å². The molecule has 4 N–H and O–H groups in total. The molecule has 2 aromatic carbocycles. The maximum Gasteiger partial charge on any atom is 0.320 e. The molecule has 34 heavy (non-hydrogen) atoms. The molecule has 0 bridgehead atoms. The molecule has 0 aliphatic rings. The standard InChI is InChI=1S/C26H35N3O5/c1-17(2)14-22(28-18(3)26(32)33)25(31)29-23(24(30)27-4)15-19-10-12-21(13-11-19)34-16-20-8-6-5-7-9-20/h5-13,17-18,22-23,28H,14-16H2,1-4H3,(H,27,30)(H,29,31)(H,32,33)/t18?,22-,23-/m0/s1. The van der Waals surface area contributed by atoms with Gasteiger partial charge >= 0.3 is 5.97 Å². The summed E-state index contributed by atoms with van der Waals surface area (Å²) in [6, 6.07) is 14.8. The Labute approximate surface area is 201 Å². The molecule has 3 atom stereocenters. The van der Waals surface area contributed by atoms with Gasteiger partial charge in [-0.25, -0.2) is 0 Å². The lowest BCUT2D eigenvalue weighted by atomic mass is 10.0. The summed E-state index contributed by atoms with van der Waals surface area (Å²) in [6.45, 7) is 5.84. The molecule has 1 unspecified atom stereocenters. The maximum atomic E-state index is 13.0. The zero-order chi connectivity index (χ0) is 25.1. The fourth-order valence-electron chi connectivity index (χ4n) is 3.45. The minimum Gasteiger partial charge on any atom is -0.489 e. The fraction of sp³-hybridized carbons (Fsp3) is 0.423. The highest BCUT2D eigenvalue weighted by Gasteiger charge is 2.28. The number of amides is 2. The topological polar surface area (TPSA) is 117 Å². The normalized spacial score (nSPS) is 13.6. The Morgan fingerprint density at radius 1 is 0.882 bits per heavy atom. The first-order chi connectivity index (χ1) is 16.2. The van der Waals surface area contributed by atoms with Gasteiger partial charge in [0, 0.05) is 13.5 Å². The average Bonchev–Trinajstić information content (AvgIpc) is 2.82. The minimum absolute atomic E-state index is 0.158. The number of carbonyl (C=O) groups is 3. The second kappa shape index (κ2) is 13.3. The van der Waals surface area contributed by atoms with Crippen molar-refractivity contribution in [3.05, 3.63) is 65.7 Å². The Morgan fingerprint density at radius 2 is 1.53 bits per heavy atom. The van der Waals surface area contributed by atoms with Crippen molar-refractivity contribution < 1.29 is 24.2 Å². The van der Waals surface area contributed by atoms with Crippen LogP contribution < -0.4 is 20.7 Å². The Balaban J connectivity index is 2.04. The first-order valence-corrected chi connectivity index (χ1v) is 11.5. The van der Waals surface area contributed by atoms with Crippen molar-refractivity contribution in [3.8, 4) is 5.75 Å². The molecule has 2 aromatic rings. The molecule has 0 aliphatic heterocycles. The summed E-state index contributed by atoms with van der Waals surface area (Å²) in [6.07, 6.45) is 0.727. The van der Waals surface area contributed by atoms with Crippen LogP contribution in [0.5, 0.6) is 5.75 Å². The zero-order valence-electron chi connectivity index (χ0n) is 20.2. The van der Waals surface area contributed by atoms with E-state index in [4.69, 9.17) is 4.74 Å². The highest BCUT2D eigenvalue weighted by molar-refractivity contribution is 5.90. The van der Waals surface area contributed by atoms with E-state index in [9.17, 15) is 19.5 Å². The van der Waals surface area contributed by atoms with Crippen molar-refractivity contribution in [1.82, 2.24) is 16.0 Å². The third-order valence-corrected chi connectivity index (χ3v) is 5.34. The van der Waals surface area contributed by atoms with Crippen molar-refractivity contribution in [2.75, 3.05) is 7.05 Å². The van der Waals surface area contributed by atoms with Gasteiger partial charge in [0.15, 0.2) is 0 Å².